The van der Waals surface area contributed by atoms with Crippen LogP contribution in [0.2, 0.25) is 5.02 Å². The minimum absolute atomic E-state index is 0.272. The third-order valence-electron chi connectivity index (χ3n) is 4.33. The number of anilines is 1. The molecule has 0 atom stereocenters. The van der Waals surface area contributed by atoms with Crippen molar-refractivity contribution in [3.8, 4) is 5.75 Å². The Bertz CT molecular complexity index is 1060. The molecular formula is C23H20ClFN2O3S. The number of benzene rings is 3. The van der Waals surface area contributed by atoms with Crippen LogP contribution in [0.15, 0.2) is 66.7 Å². The van der Waals surface area contributed by atoms with E-state index < -0.39 is 5.97 Å². The SMILES string of the molecule is COC(=O)c1ccc(Cl)c(NC(=S)NCc2ccc(OCc3ccc(F)cc3)cc2)c1. The van der Waals surface area contributed by atoms with Crippen LogP contribution in [0.25, 0.3) is 0 Å². The molecule has 0 fully saturated rings. The van der Waals surface area contributed by atoms with Crippen LogP contribution in [0.5, 0.6) is 5.75 Å². The van der Waals surface area contributed by atoms with Gasteiger partial charge < -0.3 is 20.1 Å². The monoisotopic (exact) mass is 458 g/mol. The van der Waals surface area contributed by atoms with E-state index in [9.17, 15) is 9.18 Å². The highest BCUT2D eigenvalue weighted by atomic mass is 35.5. The van der Waals surface area contributed by atoms with E-state index in [2.05, 4.69) is 10.6 Å². The molecule has 0 bridgehead atoms. The van der Waals surface area contributed by atoms with Crippen molar-refractivity contribution < 1.29 is 18.7 Å². The van der Waals surface area contributed by atoms with Gasteiger partial charge in [0, 0.05) is 6.54 Å². The summed E-state index contributed by atoms with van der Waals surface area (Å²) in [6, 6.07) is 18.5. The summed E-state index contributed by atoms with van der Waals surface area (Å²) in [5.41, 5.74) is 2.76. The molecule has 0 aliphatic rings. The number of hydrogen-bond acceptors (Lipinski definition) is 4. The van der Waals surface area contributed by atoms with Gasteiger partial charge in [-0.2, -0.15) is 0 Å². The summed E-state index contributed by atoms with van der Waals surface area (Å²) in [6.07, 6.45) is 0. The van der Waals surface area contributed by atoms with Crippen LogP contribution in [-0.4, -0.2) is 18.2 Å². The Kier molecular flexibility index (Phi) is 7.81. The molecule has 0 unspecified atom stereocenters. The van der Waals surface area contributed by atoms with Crippen molar-refractivity contribution in [2.24, 2.45) is 0 Å². The Balaban J connectivity index is 1.50. The second-order valence-corrected chi connectivity index (χ2v) is 7.37. The average molecular weight is 459 g/mol. The van der Waals surface area contributed by atoms with Crippen molar-refractivity contribution in [3.05, 3.63) is 94.3 Å². The van der Waals surface area contributed by atoms with Gasteiger partial charge in [-0.05, 0) is 65.8 Å². The van der Waals surface area contributed by atoms with Crippen molar-refractivity contribution in [2.75, 3.05) is 12.4 Å². The van der Waals surface area contributed by atoms with E-state index in [1.54, 1.807) is 30.3 Å². The third kappa shape index (κ3) is 6.67. The van der Waals surface area contributed by atoms with Crippen LogP contribution in [0.1, 0.15) is 21.5 Å². The first-order chi connectivity index (χ1) is 14.9. The van der Waals surface area contributed by atoms with Gasteiger partial charge in [-0.25, -0.2) is 9.18 Å². The highest BCUT2D eigenvalue weighted by Crippen LogP contribution is 2.23. The first kappa shape index (κ1) is 22.5. The summed E-state index contributed by atoms with van der Waals surface area (Å²) in [4.78, 5) is 11.7. The topological polar surface area (TPSA) is 59.6 Å². The molecule has 0 saturated carbocycles. The van der Waals surface area contributed by atoms with Gasteiger partial charge in [-0.1, -0.05) is 35.9 Å². The van der Waals surface area contributed by atoms with Gasteiger partial charge in [0.1, 0.15) is 18.2 Å². The number of carbonyl (C=O) groups is 1. The van der Waals surface area contributed by atoms with Crippen LogP contribution >= 0.6 is 23.8 Å². The number of hydrogen-bond donors (Lipinski definition) is 2. The summed E-state index contributed by atoms with van der Waals surface area (Å²) in [5.74, 6) is -0.0213. The lowest BCUT2D eigenvalue weighted by atomic mass is 10.2. The predicted octanol–water partition coefficient (Wildman–Crippen LogP) is 5.33. The molecule has 3 rings (SSSR count). The van der Waals surface area contributed by atoms with Gasteiger partial charge in [0.2, 0.25) is 0 Å². The normalized spacial score (nSPS) is 10.3. The smallest absolute Gasteiger partial charge is 0.337 e. The Labute approximate surface area is 190 Å². The molecule has 0 radical (unpaired) electrons. The molecule has 3 aromatic carbocycles. The Morgan fingerprint density at radius 1 is 1.03 bits per heavy atom. The fourth-order valence-electron chi connectivity index (χ4n) is 2.67. The standard InChI is InChI=1S/C23H20ClFN2O3S/c1-29-22(28)17-6-11-20(24)21(12-17)27-23(31)26-13-15-4-9-19(10-5-15)30-14-16-2-7-18(25)8-3-16/h2-12H,13-14H2,1H3,(H2,26,27,31). The lowest BCUT2D eigenvalue weighted by Gasteiger charge is -2.13. The Hall–Kier alpha value is -3.16. The van der Waals surface area contributed by atoms with Gasteiger partial charge in [0.15, 0.2) is 5.11 Å². The van der Waals surface area contributed by atoms with Crippen molar-refractivity contribution in [1.29, 1.82) is 0 Å². The number of carbonyl (C=O) groups excluding carboxylic acids is 1. The number of halogens is 2. The maximum Gasteiger partial charge on any atom is 0.337 e. The summed E-state index contributed by atoms with van der Waals surface area (Å²) < 4.78 is 23.4. The van der Waals surface area contributed by atoms with Gasteiger partial charge in [0.05, 0.1) is 23.4 Å². The first-order valence-corrected chi connectivity index (χ1v) is 10.1. The van der Waals surface area contributed by atoms with Crippen LogP contribution in [0.4, 0.5) is 10.1 Å². The zero-order chi connectivity index (χ0) is 22.2. The number of thiocarbonyl (C=S) groups is 1. The van der Waals surface area contributed by atoms with Crippen LogP contribution in [0.3, 0.4) is 0 Å². The molecule has 0 spiro atoms. The Morgan fingerprint density at radius 3 is 2.39 bits per heavy atom. The van der Waals surface area contributed by atoms with Gasteiger partial charge in [-0.3, -0.25) is 0 Å². The molecule has 5 nitrogen and oxygen atoms in total. The van der Waals surface area contributed by atoms with E-state index in [0.717, 1.165) is 11.1 Å². The van der Waals surface area contributed by atoms with Crippen LogP contribution < -0.4 is 15.4 Å². The fraction of sp³-hybridized carbons (Fsp3) is 0.130. The molecule has 160 valence electrons. The van der Waals surface area contributed by atoms with E-state index in [1.807, 2.05) is 24.3 Å². The summed E-state index contributed by atoms with van der Waals surface area (Å²) in [5, 5.41) is 6.86. The minimum Gasteiger partial charge on any atom is -0.489 e. The maximum atomic E-state index is 12.9. The third-order valence-corrected chi connectivity index (χ3v) is 4.91. The van der Waals surface area contributed by atoms with E-state index in [-0.39, 0.29) is 5.82 Å². The molecular weight excluding hydrogens is 439 g/mol. The molecule has 2 N–H and O–H groups in total. The summed E-state index contributed by atoms with van der Waals surface area (Å²) in [6.45, 7) is 0.843. The fourth-order valence-corrected chi connectivity index (χ4v) is 3.01. The molecule has 31 heavy (non-hydrogen) atoms. The molecule has 0 heterocycles. The second kappa shape index (κ2) is 10.7. The first-order valence-electron chi connectivity index (χ1n) is 9.33. The molecule has 0 aliphatic heterocycles. The molecule has 0 aliphatic carbocycles. The van der Waals surface area contributed by atoms with Gasteiger partial charge >= 0.3 is 5.97 Å². The predicted molar refractivity (Wildman–Crippen MR) is 123 cm³/mol. The Morgan fingerprint density at radius 2 is 1.71 bits per heavy atom. The van der Waals surface area contributed by atoms with Crippen molar-refractivity contribution in [2.45, 2.75) is 13.2 Å². The molecule has 8 heteroatoms. The zero-order valence-corrected chi connectivity index (χ0v) is 18.2. The second-order valence-electron chi connectivity index (χ2n) is 6.55. The zero-order valence-electron chi connectivity index (χ0n) is 16.7. The van der Waals surface area contributed by atoms with E-state index in [4.69, 9.17) is 33.3 Å². The number of rotatable bonds is 7. The largest absolute Gasteiger partial charge is 0.489 e. The summed E-state index contributed by atoms with van der Waals surface area (Å²) >= 11 is 11.5. The quantitative estimate of drug-likeness (QED) is 0.368. The van der Waals surface area contributed by atoms with Gasteiger partial charge in [-0.15, -0.1) is 0 Å². The van der Waals surface area contributed by atoms with Crippen LogP contribution in [-0.2, 0) is 17.9 Å². The van der Waals surface area contributed by atoms with E-state index >= 15 is 0 Å². The maximum absolute atomic E-state index is 12.9. The lowest BCUT2D eigenvalue weighted by Crippen LogP contribution is -2.28. The molecule has 0 amide bonds. The van der Waals surface area contributed by atoms with Gasteiger partial charge in [0.25, 0.3) is 0 Å². The summed E-state index contributed by atoms with van der Waals surface area (Å²) in [7, 11) is 1.31. The van der Waals surface area contributed by atoms with Crippen molar-refractivity contribution >= 4 is 40.6 Å². The molecule has 0 saturated heterocycles. The van der Waals surface area contributed by atoms with E-state index in [0.29, 0.717) is 40.3 Å². The molecule has 3 aromatic rings. The number of methoxy groups -OCH3 is 1. The number of esters is 1. The van der Waals surface area contributed by atoms with E-state index in [1.165, 1.54) is 19.2 Å². The highest BCUT2D eigenvalue weighted by molar-refractivity contribution is 7.80. The van der Waals surface area contributed by atoms with Crippen molar-refractivity contribution in [3.63, 3.8) is 0 Å². The molecule has 0 aromatic heterocycles. The number of nitrogens with one attached hydrogen (secondary N) is 2. The highest BCUT2D eigenvalue weighted by Gasteiger charge is 2.10. The van der Waals surface area contributed by atoms with Crippen LogP contribution in [0, 0.1) is 5.82 Å². The minimum atomic E-state index is -0.458. The number of ether oxygens (including phenoxy) is 2. The van der Waals surface area contributed by atoms with Crippen molar-refractivity contribution in [1.82, 2.24) is 5.32 Å². The average Bonchev–Trinajstić information content (AvgIpc) is 2.79. The lowest BCUT2D eigenvalue weighted by molar-refractivity contribution is 0.0601.